The van der Waals surface area contributed by atoms with Crippen LogP contribution in [0.25, 0.3) is 0 Å². The summed E-state index contributed by atoms with van der Waals surface area (Å²) in [6.07, 6.45) is 0. The predicted molar refractivity (Wildman–Crippen MR) is 58.5 cm³/mol. The van der Waals surface area contributed by atoms with E-state index in [0.29, 0.717) is 5.56 Å². The number of ether oxygens (including phenoxy) is 1. The van der Waals surface area contributed by atoms with Crippen LogP contribution in [-0.4, -0.2) is 25.0 Å². The van der Waals surface area contributed by atoms with Gasteiger partial charge in [0.2, 0.25) is 0 Å². The van der Waals surface area contributed by atoms with Gasteiger partial charge in [0.15, 0.2) is 0 Å². The Morgan fingerprint density at radius 3 is 2.44 bits per heavy atom. The minimum absolute atomic E-state index is 0.295. The van der Waals surface area contributed by atoms with Crippen LogP contribution in [0, 0.1) is 0 Å². The first-order valence-electron chi connectivity index (χ1n) is 4.84. The molecule has 0 saturated heterocycles. The molecule has 1 rings (SSSR count). The summed E-state index contributed by atoms with van der Waals surface area (Å²) in [5.74, 6) is -0.732. The standard InChI is InChI=1S/C11H14N2O3/c1-8(11(15)16-2)12-13-10(14)9-6-4-3-5-7-9/h3-8,12H,1-2H3,(H,13,14)/t8-/m0/s1. The molecule has 0 bridgehead atoms. The Bertz CT molecular complexity index is 365. The molecule has 16 heavy (non-hydrogen) atoms. The summed E-state index contributed by atoms with van der Waals surface area (Å²) < 4.78 is 4.50. The Morgan fingerprint density at radius 2 is 1.88 bits per heavy atom. The number of amides is 1. The van der Waals surface area contributed by atoms with Crippen molar-refractivity contribution in [2.45, 2.75) is 13.0 Å². The SMILES string of the molecule is COC(=O)[C@H](C)NNC(=O)c1ccccc1. The third-order valence-corrected chi connectivity index (χ3v) is 1.99. The van der Waals surface area contributed by atoms with Crippen LogP contribution in [0.15, 0.2) is 30.3 Å². The van der Waals surface area contributed by atoms with Crippen LogP contribution < -0.4 is 10.9 Å². The van der Waals surface area contributed by atoms with E-state index in [1.54, 1.807) is 31.2 Å². The highest BCUT2D eigenvalue weighted by Gasteiger charge is 2.13. The van der Waals surface area contributed by atoms with Crippen molar-refractivity contribution in [3.05, 3.63) is 35.9 Å². The van der Waals surface area contributed by atoms with Gasteiger partial charge in [-0.25, -0.2) is 5.43 Å². The molecule has 5 heteroatoms. The summed E-state index contributed by atoms with van der Waals surface area (Å²) >= 11 is 0. The number of methoxy groups -OCH3 is 1. The van der Waals surface area contributed by atoms with Gasteiger partial charge in [-0.2, -0.15) is 0 Å². The first-order chi connectivity index (χ1) is 7.65. The van der Waals surface area contributed by atoms with Crippen molar-refractivity contribution >= 4 is 11.9 Å². The lowest BCUT2D eigenvalue weighted by Gasteiger charge is -2.12. The number of esters is 1. The molecule has 0 aromatic heterocycles. The van der Waals surface area contributed by atoms with Gasteiger partial charge in [-0.15, -0.1) is 0 Å². The number of benzene rings is 1. The topological polar surface area (TPSA) is 67.4 Å². The first kappa shape index (κ1) is 12.2. The molecule has 0 radical (unpaired) electrons. The minimum Gasteiger partial charge on any atom is -0.468 e. The summed E-state index contributed by atoms with van der Waals surface area (Å²) in [4.78, 5) is 22.6. The van der Waals surface area contributed by atoms with E-state index < -0.39 is 12.0 Å². The van der Waals surface area contributed by atoms with E-state index in [0.717, 1.165) is 0 Å². The average Bonchev–Trinajstić information content (AvgIpc) is 2.35. The fraction of sp³-hybridized carbons (Fsp3) is 0.273. The van der Waals surface area contributed by atoms with Crippen LogP contribution in [-0.2, 0) is 9.53 Å². The molecule has 5 nitrogen and oxygen atoms in total. The van der Waals surface area contributed by atoms with Crippen molar-refractivity contribution < 1.29 is 14.3 Å². The van der Waals surface area contributed by atoms with E-state index >= 15 is 0 Å². The lowest BCUT2D eigenvalue weighted by molar-refractivity contribution is -0.142. The number of hydrazine groups is 1. The second-order valence-electron chi connectivity index (χ2n) is 3.21. The van der Waals surface area contributed by atoms with E-state index in [1.807, 2.05) is 6.07 Å². The molecule has 0 aliphatic carbocycles. The maximum atomic E-state index is 11.5. The van der Waals surface area contributed by atoms with Crippen LogP contribution in [0.2, 0.25) is 0 Å². The zero-order valence-corrected chi connectivity index (χ0v) is 9.19. The molecule has 0 aliphatic heterocycles. The fourth-order valence-electron chi connectivity index (χ4n) is 1.07. The minimum atomic E-state index is -0.585. The van der Waals surface area contributed by atoms with Crippen molar-refractivity contribution in [1.29, 1.82) is 0 Å². The van der Waals surface area contributed by atoms with E-state index in [-0.39, 0.29) is 5.91 Å². The molecule has 1 aromatic rings. The van der Waals surface area contributed by atoms with Gasteiger partial charge in [-0.3, -0.25) is 15.0 Å². The number of hydrogen-bond acceptors (Lipinski definition) is 4. The van der Waals surface area contributed by atoms with E-state index in [2.05, 4.69) is 15.6 Å². The second kappa shape index (κ2) is 5.87. The molecule has 1 atom stereocenters. The average molecular weight is 222 g/mol. The van der Waals surface area contributed by atoms with Crippen molar-refractivity contribution in [2.24, 2.45) is 0 Å². The Morgan fingerprint density at radius 1 is 1.25 bits per heavy atom. The number of carbonyl (C=O) groups excluding carboxylic acids is 2. The number of hydrogen-bond donors (Lipinski definition) is 2. The molecular formula is C11H14N2O3. The Balaban J connectivity index is 2.45. The molecule has 2 N–H and O–H groups in total. The molecule has 0 aliphatic rings. The van der Waals surface area contributed by atoms with E-state index in [4.69, 9.17) is 0 Å². The van der Waals surface area contributed by atoms with Gasteiger partial charge in [0.25, 0.3) is 5.91 Å². The van der Waals surface area contributed by atoms with Gasteiger partial charge < -0.3 is 4.74 Å². The quantitative estimate of drug-likeness (QED) is 0.574. The van der Waals surface area contributed by atoms with Gasteiger partial charge in [-0.1, -0.05) is 18.2 Å². The van der Waals surface area contributed by atoms with Crippen molar-refractivity contribution in [3.63, 3.8) is 0 Å². The Kier molecular flexibility index (Phi) is 4.47. The normalized spacial score (nSPS) is 11.6. The zero-order valence-electron chi connectivity index (χ0n) is 9.19. The summed E-state index contributed by atoms with van der Waals surface area (Å²) in [5.41, 5.74) is 5.50. The highest BCUT2D eigenvalue weighted by Crippen LogP contribution is 1.97. The highest BCUT2D eigenvalue weighted by molar-refractivity contribution is 5.94. The predicted octanol–water partition coefficient (Wildman–Crippen LogP) is 0.482. The van der Waals surface area contributed by atoms with E-state index in [9.17, 15) is 9.59 Å². The maximum Gasteiger partial charge on any atom is 0.324 e. The largest absolute Gasteiger partial charge is 0.468 e. The highest BCUT2D eigenvalue weighted by atomic mass is 16.5. The van der Waals surface area contributed by atoms with Crippen LogP contribution in [0.1, 0.15) is 17.3 Å². The summed E-state index contributed by atoms with van der Waals surface area (Å²) in [5, 5.41) is 0. The molecule has 1 amide bonds. The molecular weight excluding hydrogens is 208 g/mol. The maximum absolute atomic E-state index is 11.5. The van der Waals surface area contributed by atoms with Gasteiger partial charge >= 0.3 is 5.97 Å². The van der Waals surface area contributed by atoms with Crippen LogP contribution >= 0.6 is 0 Å². The molecule has 0 spiro atoms. The Hall–Kier alpha value is -1.88. The molecule has 86 valence electrons. The van der Waals surface area contributed by atoms with Crippen LogP contribution in [0.4, 0.5) is 0 Å². The van der Waals surface area contributed by atoms with Crippen molar-refractivity contribution in [2.75, 3.05) is 7.11 Å². The summed E-state index contributed by atoms with van der Waals surface area (Å²) in [7, 11) is 1.29. The number of nitrogens with one attached hydrogen (secondary N) is 2. The third-order valence-electron chi connectivity index (χ3n) is 1.99. The van der Waals surface area contributed by atoms with Crippen LogP contribution in [0.5, 0.6) is 0 Å². The number of carbonyl (C=O) groups is 2. The molecule has 0 heterocycles. The second-order valence-corrected chi connectivity index (χ2v) is 3.21. The van der Waals surface area contributed by atoms with Gasteiger partial charge in [0.1, 0.15) is 6.04 Å². The lowest BCUT2D eigenvalue weighted by atomic mass is 10.2. The van der Waals surface area contributed by atoms with Crippen LogP contribution in [0.3, 0.4) is 0 Å². The number of rotatable bonds is 4. The van der Waals surface area contributed by atoms with Gasteiger partial charge in [-0.05, 0) is 19.1 Å². The summed E-state index contributed by atoms with van der Waals surface area (Å²) in [6, 6.07) is 8.12. The Labute approximate surface area is 93.8 Å². The molecule has 0 saturated carbocycles. The third kappa shape index (κ3) is 3.36. The first-order valence-corrected chi connectivity index (χ1v) is 4.84. The van der Waals surface area contributed by atoms with Crippen molar-refractivity contribution in [1.82, 2.24) is 10.9 Å². The lowest BCUT2D eigenvalue weighted by Crippen LogP contribution is -2.46. The zero-order chi connectivity index (χ0) is 12.0. The van der Waals surface area contributed by atoms with Crippen molar-refractivity contribution in [3.8, 4) is 0 Å². The molecule has 0 fully saturated rings. The van der Waals surface area contributed by atoms with Gasteiger partial charge in [0.05, 0.1) is 7.11 Å². The summed E-state index contributed by atoms with van der Waals surface area (Å²) in [6.45, 7) is 1.59. The monoisotopic (exact) mass is 222 g/mol. The smallest absolute Gasteiger partial charge is 0.324 e. The molecule has 1 aromatic carbocycles. The fourth-order valence-corrected chi connectivity index (χ4v) is 1.07. The molecule has 0 unspecified atom stereocenters. The van der Waals surface area contributed by atoms with Gasteiger partial charge in [0, 0.05) is 5.56 Å². The van der Waals surface area contributed by atoms with E-state index in [1.165, 1.54) is 7.11 Å².